The highest BCUT2D eigenvalue weighted by Crippen LogP contribution is 2.35. The number of esters is 1. The lowest BCUT2D eigenvalue weighted by atomic mass is 9.95. The summed E-state index contributed by atoms with van der Waals surface area (Å²) >= 11 is 1.28. The number of thiazole rings is 1. The summed E-state index contributed by atoms with van der Waals surface area (Å²) in [5.74, 6) is 0.845. The number of hydrogen-bond donors (Lipinski definition) is 0. The average molecular weight is 493 g/mol. The molecule has 1 aliphatic heterocycles. The molecule has 0 bridgehead atoms. The van der Waals surface area contributed by atoms with Crippen LogP contribution >= 0.6 is 11.3 Å². The van der Waals surface area contributed by atoms with Crippen LogP contribution in [0.1, 0.15) is 44.9 Å². The molecule has 35 heavy (non-hydrogen) atoms. The molecule has 7 nitrogen and oxygen atoms in total. The van der Waals surface area contributed by atoms with Crippen molar-refractivity contribution in [1.82, 2.24) is 4.57 Å². The Bertz CT molecular complexity index is 1450. The van der Waals surface area contributed by atoms with Gasteiger partial charge in [0, 0.05) is 5.56 Å². The van der Waals surface area contributed by atoms with Gasteiger partial charge < -0.3 is 14.2 Å². The van der Waals surface area contributed by atoms with Gasteiger partial charge in [-0.1, -0.05) is 41.7 Å². The molecule has 8 heteroatoms. The summed E-state index contributed by atoms with van der Waals surface area (Å²) in [6, 6.07) is 14.3. The highest BCUT2D eigenvalue weighted by atomic mass is 32.1. The molecule has 0 fully saturated rings. The number of fused-ring (bicyclic) bond motifs is 1. The van der Waals surface area contributed by atoms with E-state index in [0.29, 0.717) is 45.1 Å². The van der Waals surface area contributed by atoms with Crippen LogP contribution in [0.5, 0.6) is 11.5 Å². The Morgan fingerprint density at radius 1 is 1.06 bits per heavy atom. The van der Waals surface area contributed by atoms with Gasteiger partial charge >= 0.3 is 5.97 Å². The molecule has 1 aliphatic rings. The quantitative estimate of drug-likeness (QED) is 0.449. The summed E-state index contributed by atoms with van der Waals surface area (Å²) in [6.45, 7) is 8.57. The van der Waals surface area contributed by atoms with Crippen LogP contribution in [0.25, 0.3) is 6.08 Å². The number of carbonyl (C=O) groups is 1. The van der Waals surface area contributed by atoms with Crippen molar-refractivity contribution >= 4 is 23.4 Å². The number of benzene rings is 2. The fourth-order valence-corrected chi connectivity index (χ4v) is 5.14. The second kappa shape index (κ2) is 10.7. The topological polar surface area (TPSA) is 79.1 Å². The fourth-order valence-electron chi connectivity index (χ4n) is 4.09. The molecule has 182 valence electrons. The number of ether oxygens (including phenoxy) is 3. The summed E-state index contributed by atoms with van der Waals surface area (Å²) in [5, 5.41) is 0. The van der Waals surface area contributed by atoms with Crippen molar-refractivity contribution in [2.24, 2.45) is 4.99 Å². The molecular formula is C27H28N2O5S. The molecule has 0 saturated heterocycles. The van der Waals surface area contributed by atoms with Gasteiger partial charge in [-0.25, -0.2) is 9.79 Å². The number of rotatable bonds is 8. The number of hydrogen-bond acceptors (Lipinski definition) is 7. The highest BCUT2D eigenvalue weighted by molar-refractivity contribution is 7.07. The van der Waals surface area contributed by atoms with Crippen molar-refractivity contribution in [3.63, 3.8) is 0 Å². The zero-order valence-corrected chi connectivity index (χ0v) is 21.1. The van der Waals surface area contributed by atoms with Crippen molar-refractivity contribution in [2.45, 2.75) is 33.7 Å². The van der Waals surface area contributed by atoms with Crippen LogP contribution in [-0.2, 0) is 9.53 Å². The van der Waals surface area contributed by atoms with E-state index in [1.165, 1.54) is 11.3 Å². The van der Waals surface area contributed by atoms with Crippen LogP contribution < -0.4 is 24.4 Å². The first kappa shape index (κ1) is 24.5. The van der Waals surface area contributed by atoms with Gasteiger partial charge in [0.1, 0.15) is 17.5 Å². The van der Waals surface area contributed by atoms with Crippen molar-refractivity contribution in [2.75, 3.05) is 19.8 Å². The van der Waals surface area contributed by atoms with Crippen LogP contribution in [0.2, 0.25) is 0 Å². The first-order valence-corrected chi connectivity index (χ1v) is 12.4. The van der Waals surface area contributed by atoms with Gasteiger partial charge in [0.15, 0.2) is 4.80 Å². The van der Waals surface area contributed by atoms with E-state index in [-0.39, 0.29) is 12.2 Å². The largest absolute Gasteiger partial charge is 0.494 e. The minimum absolute atomic E-state index is 0.218. The van der Waals surface area contributed by atoms with E-state index in [1.807, 2.05) is 68.5 Å². The average Bonchev–Trinajstić information content (AvgIpc) is 3.14. The molecule has 0 N–H and O–H groups in total. The Labute approximate surface area is 207 Å². The minimum Gasteiger partial charge on any atom is -0.494 e. The fraction of sp³-hybridized carbons (Fsp3) is 0.296. The van der Waals surface area contributed by atoms with Gasteiger partial charge in [-0.3, -0.25) is 9.36 Å². The standard InChI is InChI=1S/C27H28N2O5S/c1-5-32-19-12-10-11-18(15-19)16-22-25(30)29-24(20-13-8-9-14-21(20)33-6-2)23(26(31)34-7-3)17(4)28-27(29)35-22/h8-16,24H,5-7H2,1-4H3/b22-16-/t24-/m1/s1. The van der Waals surface area contributed by atoms with Gasteiger partial charge in [-0.05, 0) is 57.5 Å². The maximum atomic E-state index is 13.7. The van der Waals surface area contributed by atoms with Crippen LogP contribution in [0.4, 0.5) is 0 Å². The maximum Gasteiger partial charge on any atom is 0.338 e. The number of nitrogens with zero attached hydrogens (tertiary/aromatic N) is 2. The first-order chi connectivity index (χ1) is 17.0. The Balaban J connectivity index is 1.94. The number of allylic oxidation sites excluding steroid dienone is 1. The summed E-state index contributed by atoms with van der Waals surface area (Å²) in [6.07, 6.45) is 1.82. The Morgan fingerprint density at radius 3 is 2.57 bits per heavy atom. The Kier molecular flexibility index (Phi) is 7.51. The summed E-state index contributed by atoms with van der Waals surface area (Å²) < 4.78 is 18.9. The van der Waals surface area contributed by atoms with Gasteiger partial charge in [-0.15, -0.1) is 0 Å². The molecule has 1 aromatic heterocycles. The van der Waals surface area contributed by atoms with Crippen LogP contribution in [0, 0.1) is 0 Å². The van der Waals surface area contributed by atoms with E-state index in [9.17, 15) is 9.59 Å². The van der Waals surface area contributed by atoms with Crippen molar-refractivity contribution in [3.8, 4) is 11.5 Å². The molecule has 0 spiro atoms. The molecule has 0 aliphatic carbocycles. The van der Waals surface area contributed by atoms with Crippen molar-refractivity contribution in [1.29, 1.82) is 0 Å². The lowest BCUT2D eigenvalue weighted by molar-refractivity contribution is -0.139. The smallest absolute Gasteiger partial charge is 0.338 e. The molecule has 1 atom stereocenters. The summed E-state index contributed by atoms with van der Waals surface area (Å²) in [7, 11) is 0. The zero-order chi connectivity index (χ0) is 24.9. The second-order valence-corrected chi connectivity index (χ2v) is 8.79. The van der Waals surface area contributed by atoms with Gasteiger partial charge in [0.05, 0.1) is 35.6 Å². The molecular weight excluding hydrogens is 464 g/mol. The van der Waals surface area contributed by atoms with Gasteiger partial charge in [0.2, 0.25) is 0 Å². The molecule has 3 aromatic rings. The number of carbonyl (C=O) groups excluding carboxylic acids is 1. The van der Waals surface area contributed by atoms with Crippen LogP contribution in [0.3, 0.4) is 0 Å². The monoisotopic (exact) mass is 492 g/mol. The minimum atomic E-state index is -0.718. The van der Waals surface area contributed by atoms with Crippen molar-refractivity contribution < 1.29 is 19.0 Å². The Hall–Kier alpha value is -3.65. The third-order valence-electron chi connectivity index (χ3n) is 5.50. The molecule has 2 aromatic carbocycles. The molecule has 0 amide bonds. The van der Waals surface area contributed by atoms with Crippen molar-refractivity contribution in [3.05, 3.63) is 90.6 Å². The first-order valence-electron chi connectivity index (χ1n) is 11.6. The lowest BCUT2D eigenvalue weighted by Crippen LogP contribution is -2.40. The van der Waals surface area contributed by atoms with E-state index in [4.69, 9.17) is 14.2 Å². The molecule has 0 unspecified atom stereocenters. The SMILES string of the molecule is CCOC(=O)C1=C(C)N=c2s/c(=C\c3cccc(OCC)c3)c(=O)n2[C@@H]1c1ccccc1OCC. The summed E-state index contributed by atoms with van der Waals surface area (Å²) in [5.41, 5.74) is 2.16. The highest BCUT2D eigenvalue weighted by Gasteiger charge is 2.35. The van der Waals surface area contributed by atoms with E-state index in [1.54, 1.807) is 18.4 Å². The molecule has 2 heterocycles. The summed E-state index contributed by atoms with van der Waals surface area (Å²) in [4.78, 5) is 32.0. The molecule has 4 rings (SSSR count). The van der Waals surface area contributed by atoms with E-state index in [2.05, 4.69) is 4.99 Å². The van der Waals surface area contributed by atoms with E-state index < -0.39 is 12.0 Å². The number of para-hydroxylation sites is 1. The predicted molar refractivity (Wildman–Crippen MR) is 136 cm³/mol. The number of aromatic nitrogens is 1. The van der Waals surface area contributed by atoms with Gasteiger partial charge in [-0.2, -0.15) is 0 Å². The zero-order valence-electron chi connectivity index (χ0n) is 20.2. The normalized spacial score (nSPS) is 15.4. The Morgan fingerprint density at radius 2 is 1.83 bits per heavy atom. The maximum absolute atomic E-state index is 13.7. The van der Waals surface area contributed by atoms with Crippen LogP contribution in [0.15, 0.2) is 69.6 Å². The lowest BCUT2D eigenvalue weighted by Gasteiger charge is -2.26. The third-order valence-corrected chi connectivity index (χ3v) is 6.48. The second-order valence-electron chi connectivity index (χ2n) is 7.78. The predicted octanol–water partition coefficient (Wildman–Crippen LogP) is 3.60. The van der Waals surface area contributed by atoms with Crippen LogP contribution in [-0.4, -0.2) is 30.4 Å². The third kappa shape index (κ3) is 4.93. The van der Waals surface area contributed by atoms with Gasteiger partial charge in [0.25, 0.3) is 5.56 Å². The molecule has 0 radical (unpaired) electrons. The molecule has 0 saturated carbocycles. The van der Waals surface area contributed by atoms with E-state index >= 15 is 0 Å². The van der Waals surface area contributed by atoms with E-state index in [0.717, 1.165) is 11.3 Å².